The maximum absolute atomic E-state index is 11.3. The largest absolute Gasteiger partial charge is 0.478 e. The van der Waals surface area contributed by atoms with Crippen LogP contribution in [0.1, 0.15) is 34.5 Å². The number of carbonyl (C=O) groups is 1. The number of halogens is 1. The van der Waals surface area contributed by atoms with Crippen molar-refractivity contribution in [3.8, 4) is 22.9 Å². The Morgan fingerprint density at radius 3 is 2.53 bits per heavy atom. The summed E-state index contributed by atoms with van der Waals surface area (Å²) in [6.07, 6.45) is -0.536. The van der Waals surface area contributed by atoms with E-state index in [0.29, 0.717) is 27.4 Å². The van der Waals surface area contributed by atoms with Crippen LogP contribution in [0.2, 0.25) is 5.02 Å². The highest BCUT2D eigenvalue weighted by atomic mass is 35.5. The second-order valence-corrected chi connectivity index (χ2v) is 7.48. The van der Waals surface area contributed by atoms with Gasteiger partial charge in [0.15, 0.2) is 0 Å². The lowest BCUT2D eigenvalue weighted by atomic mass is 10.0. The molecule has 0 bridgehead atoms. The normalized spacial score (nSPS) is 12.1. The van der Waals surface area contributed by atoms with E-state index in [1.54, 1.807) is 32.0 Å². The van der Waals surface area contributed by atoms with E-state index in [1.165, 1.54) is 6.07 Å². The number of rotatable bonds is 5. The number of ether oxygens (including phenoxy) is 1. The first kappa shape index (κ1) is 19.9. The van der Waals surface area contributed by atoms with Gasteiger partial charge in [-0.1, -0.05) is 41.9 Å². The molecule has 0 spiro atoms. The molecule has 30 heavy (non-hydrogen) atoms. The number of aryl methyl sites for hydroxylation is 1. The summed E-state index contributed by atoms with van der Waals surface area (Å²) in [5.41, 5.74) is 4.72. The Bertz CT molecular complexity index is 1250. The van der Waals surface area contributed by atoms with Crippen molar-refractivity contribution in [2.24, 2.45) is 0 Å². The number of imidazole rings is 1. The van der Waals surface area contributed by atoms with Crippen LogP contribution in [0.4, 0.5) is 0 Å². The third kappa shape index (κ3) is 3.87. The van der Waals surface area contributed by atoms with Gasteiger partial charge in [-0.15, -0.1) is 0 Å². The minimum absolute atomic E-state index is 0.176. The van der Waals surface area contributed by atoms with Crippen LogP contribution in [-0.2, 0) is 0 Å². The number of benzene rings is 3. The van der Waals surface area contributed by atoms with E-state index in [1.807, 2.05) is 30.3 Å². The number of aliphatic hydroxyl groups excluding tert-OH is 1. The first-order valence-electron chi connectivity index (χ1n) is 9.31. The van der Waals surface area contributed by atoms with Crippen molar-refractivity contribution < 1.29 is 19.7 Å². The fourth-order valence-corrected chi connectivity index (χ4v) is 3.50. The summed E-state index contributed by atoms with van der Waals surface area (Å²) in [4.78, 5) is 18.8. The molecule has 152 valence electrons. The van der Waals surface area contributed by atoms with Crippen molar-refractivity contribution in [1.29, 1.82) is 0 Å². The predicted octanol–water partition coefficient (Wildman–Crippen LogP) is 5.74. The topological polar surface area (TPSA) is 95.4 Å². The minimum Gasteiger partial charge on any atom is -0.478 e. The number of aromatic amines is 1. The molecule has 3 aromatic carbocycles. The van der Waals surface area contributed by atoms with Gasteiger partial charge in [0.2, 0.25) is 0 Å². The van der Waals surface area contributed by atoms with Gasteiger partial charge < -0.3 is 19.9 Å². The minimum atomic E-state index is -1.01. The molecule has 0 amide bonds. The predicted molar refractivity (Wildman–Crippen MR) is 115 cm³/mol. The van der Waals surface area contributed by atoms with Gasteiger partial charge in [0.05, 0.1) is 27.7 Å². The molecule has 3 N–H and O–H groups in total. The molecule has 0 saturated heterocycles. The first-order chi connectivity index (χ1) is 14.3. The fourth-order valence-electron chi connectivity index (χ4n) is 3.22. The van der Waals surface area contributed by atoms with Gasteiger partial charge >= 0.3 is 5.97 Å². The zero-order valence-corrected chi connectivity index (χ0v) is 17.1. The Morgan fingerprint density at radius 2 is 1.87 bits per heavy atom. The van der Waals surface area contributed by atoms with Gasteiger partial charge in [-0.2, -0.15) is 4.98 Å². The van der Waals surface area contributed by atoms with Gasteiger partial charge in [-0.25, -0.2) is 4.79 Å². The molecular weight excluding hydrogens is 404 g/mol. The standard InChI is InChI=1S/C23H19ClN2O4/c1-12-3-8-16(9-17(12)22(28)29)30-23-25-20-10-18(19(24)11-21(20)26-23)15-6-4-14(5-7-15)13(2)27/h3-11,13,27H,1-2H3,(H,25,26)(H,28,29). The summed E-state index contributed by atoms with van der Waals surface area (Å²) in [5, 5.41) is 19.5. The molecule has 0 aliphatic carbocycles. The molecule has 0 radical (unpaired) electrons. The van der Waals surface area contributed by atoms with Crippen molar-refractivity contribution in [2.45, 2.75) is 20.0 Å². The third-order valence-electron chi connectivity index (χ3n) is 4.91. The van der Waals surface area contributed by atoms with E-state index in [-0.39, 0.29) is 11.6 Å². The van der Waals surface area contributed by atoms with Crippen LogP contribution in [0, 0.1) is 6.92 Å². The summed E-state index contributed by atoms with van der Waals surface area (Å²) in [7, 11) is 0. The maximum atomic E-state index is 11.3. The molecule has 6 nitrogen and oxygen atoms in total. The molecule has 0 aliphatic heterocycles. The van der Waals surface area contributed by atoms with Crippen LogP contribution < -0.4 is 4.74 Å². The first-order valence-corrected chi connectivity index (χ1v) is 9.69. The number of aliphatic hydroxyl groups is 1. The Labute approximate surface area is 177 Å². The number of hydrogen-bond donors (Lipinski definition) is 3. The molecule has 1 unspecified atom stereocenters. The quantitative estimate of drug-likeness (QED) is 0.381. The highest BCUT2D eigenvalue weighted by Crippen LogP contribution is 2.33. The Morgan fingerprint density at radius 1 is 1.13 bits per heavy atom. The molecule has 0 saturated carbocycles. The number of aromatic nitrogens is 2. The Hall–Kier alpha value is -3.35. The molecule has 0 aliphatic rings. The van der Waals surface area contributed by atoms with E-state index in [0.717, 1.165) is 16.7 Å². The lowest BCUT2D eigenvalue weighted by molar-refractivity contribution is 0.0695. The number of carboxylic acids is 1. The number of carboxylic acid groups (broad SMARTS) is 1. The second-order valence-electron chi connectivity index (χ2n) is 7.07. The van der Waals surface area contributed by atoms with Crippen molar-refractivity contribution >= 4 is 28.6 Å². The van der Waals surface area contributed by atoms with Gasteiger partial charge in [0, 0.05) is 5.56 Å². The molecule has 4 rings (SSSR count). The third-order valence-corrected chi connectivity index (χ3v) is 5.22. The summed E-state index contributed by atoms with van der Waals surface area (Å²) in [6, 6.07) is 16.2. The lowest BCUT2D eigenvalue weighted by Gasteiger charge is -2.08. The lowest BCUT2D eigenvalue weighted by Crippen LogP contribution is -2.00. The smallest absolute Gasteiger partial charge is 0.336 e. The van der Waals surface area contributed by atoms with Crippen LogP contribution >= 0.6 is 11.6 Å². The van der Waals surface area contributed by atoms with Gasteiger partial charge in [-0.05, 0) is 54.8 Å². The number of H-pyrrole nitrogens is 1. The number of hydrogen-bond acceptors (Lipinski definition) is 4. The van der Waals surface area contributed by atoms with Gasteiger partial charge in [-0.3, -0.25) is 0 Å². The van der Waals surface area contributed by atoms with Crippen LogP contribution in [0.5, 0.6) is 11.8 Å². The number of fused-ring (bicyclic) bond motifs is 1. The van der Waals surface area contributed by atoms with Crippen LogP contribution in [0.15, 0.2) is 54.6 Å². The summed E-state index contributed by atoms with van der Waals surface area (Å²) in [6.45, 7) is 3.44. The molecule has 0 fully saturated rings. The van der Waals surface area contributed by atoms with Crippen LogP contribution in [0.3, 0.4) is 0 Å². The highest BCUT2D eigenvalue weighted by molar-refractivity contribution is 6.34. The fraction of sp³-hybridized carbons (Fsp3) is 0.130. The molecule has 4 aromatic rings. The van der Waals surface area contributed by atoms with E-state index >= 15 is 0 Å². The summed E-state index contributed by atoms with van der Waals surface area (Å²) < 4.78 is 5.74. The average molecular weight is 423 g/mol. The van der Waals surface area contributed by atoms with Gasteiger partial charge in [0.25, 0.3) is 6.01 Å². The van der Waals surface area contributed by atoms with Crippen LogP contribution in [0.25, 0.3) is 22.2 Å². The van der Waals surface area contributed by atoms with Crippen LogP contribution in [-0.4, -0.2) is 26.2 Å². The molecule has 1 atom stereocenters. The average Bonchev–Trinajstić information content (AvgIpc) is 3.09. The van der Waals surface area contributed by atoms with Crippen molar-refractivity contribution in [1.82, 2.24) is 9.97 Å². The monoisotopic (exact) mass is 422 g/mol. The number of nitrogens with zero attached hydrogens (tertiary/aromatic N) is 1. The van der Waals surface area contributed by atoms with Crippen molar-refractivity contribution in [2.75, 3.05) is 0 Å². The Kier molecular flexibility index (Phi) is 5.20. The van der Waals surface area contributed by atoms with E-state index in [2.05, 4.69) is 9.97 Å². The SMILES string of the molecule is Cc1ccc(Oc2nc3cc(-c4ccc(C(C)O)cc4)c(Cl)cc3[nH]2)cc1C(=O)O. The highest BCUT2D eigenvalue weighted by Gasteiger charge is 2.13. The van der Waals surface area contributed by atoms with Crippen molar-refractivity contribution in [3.05, 3.63) is 76.3 Å². The Balaban J connectivity index is 1.67. The maximum Gasteiger partial charge on any atom is 0.336 e. The number of nitrogens with one attached hydrogen (secondary N) is 1. The molecule has 7 heteroatoms. The van der Waals surface area contributed by atoms with Crippen molar-refractivity contribution in [3.63, 3.8) is 0 Å². The van der Waals surface area contributed by atoms with E-state index in [9.17, 15) is 15.0 Å². The molecular formula is C23H19ClN2O4. The van der Waals surface area contributed by atoms with E-state index in [4.69, 9.17) is 16.3 Å². The number of aromatic carboxylic acids is 1. The van der Waals surface area contributed by atoms with E-state index < -0.39 is 12.1 Å². The van der Waals surface area contributed by atoms with Gasteiger partial charge in [0.1, 0.15) is 5.75 Å². The zero-order chi connectivity index (χ0) is 21.4. The summed E-state index contributed by atoms with van der Waals surface area (Å²) >= 11 is 6.48. The molecule has 1 aromatic heterocycles. The zero-order valence-electron chi connectivity index (χ0n) is 16.3. The summed E-state index contributed by atoms with van der Waals surface area (Å²) in [5.74, 6) is -0.641. The second kappa shape index (κ2) is 7.82. The molecule has 1 heterocycles.